The van der Waals surface area contributed by atoms with E-state index >= 15 is 0 Å². The van der Waals surface area contributed by atoms with Crippen LogP contribution in [0.4, 0.5) is 0 Å². The first-order valence-corrected chi connectivity index (χ1v) is 5.64. The highest BCUT2D eigenvalue weighted by Gasteiger charge is 2.12. The van der Waals surface area contributed by atoms with Gasteiger partial charge in [-0.05, 0) is 19.9 Å². The summed E-state index contributed by atoms with van der Waals surface area (Å²) >= 11 is 1.36. The fourth-order valence-electron chi connectivity index (χ4n) is 1.86. The zero-order valence-electron chi connectivity index (χ0n) is 8.77. The molecule has 0 aliphatic rings. The van der Waals surface area contributed by atoms with Crippen LogP contribution < -0.4 is 5.63 Å². The number of hydrogen-bond acceptors (Lipinski definition) is 5. The van der Waals surface area contributed by atoms with E-state index in [-0.39, 0.29) is 5.63 Å². The van der Waals surface area contributed by atoms with E-state index in [2.05, 4.69) is 9.97 Å². The van der Waals surface area contributed by atoms with Crippen LogP contribution >= 0.6 is 11.3 Å². The van der Waals surface area contributed by atoms with Gasteiger partial charge in [0, 0.05) is 10.8 Å². The molecule has 0 atom stereocenters. The molecule has 3 aromatic heterocycles. The number of thiophene rings is 1. The fraction of sp³-hybridized carbons (Fsp3) is 0.182. The Bertz CT molecular complexity index is 758. The standard InChI is InChI=1S/C11H8N2O2S/c1-5-8-7-3-4-15-11(14)9(7)16-10(8)13-6(2)12-5/h3-4H,1-2H3. The van der Waals surface area contributed by atoms with Gasteiger partial charge in [-0.3, -0.25) is 0 Å². The summed E-state index contributed by atoms with van der Waals surface area (Å²) in [7, 11) is 0. The number of hydrogen-bond donors (Lipinski definition) is 0. The molecule has 0 unspecified atom stereocenters. The van der Waals surface area contributed by atoms with Gasteiger partial charge in [0.1, 0.15) is 15.4 Å². The Labute approximate surface area is 94.6 Å². The van der Waals surface area contributed by atoms with Crippen molar-refractivity contribution in [2.24, 2.45) is 0 Å². The summed E-state index contributed by atoms with van der Waals surface area (Å²) in [5.41, 5.74) is 0.594. The van der Waals surface area contributed by atoms with Gasteiger partial charge in [0.05, 0.1) is 12.0 Å². The van der Waals surface area contributed by atoms with Gasteiger partial charge in [-0.2, -0.15) is 0 Å². The van der Waals surface area contributed by atoms with Gasteiger partial charge in [-0.25, -0.2) is 14.8 Å². The topological polar surface area (TPSA) is 56.0 Å². The molecule has 0 saturated heterocycles. The number of aromatic nitrogens is 2. The van der Waals surface area contributed by atoms with E-state index in [1.54, 1.807) is 6.07 Å². The van der Waals surface area contributed by atoms with Crippen LogP contribution in [0.15, 0.2) is 21.5 Å². The average molecular weight is 232 g/mol. The lowest BCUT2D eigenvalue weighted by Gasteiger charge is -1.97. The third-order valence-corrected chi connectivity index (χ3v) is 3.56. The molecule has 0 saturated carbocycles. The Morgan fingerprint density at radius 3 is 2.94 bits per heavy atom. The second-order valence-electron chi connectivity index (χ2n) is 3.59. The molecule has 5 heteroatoms. The molecule has 0 fully saturated rings. The Morgan fingerprint density at radius 1 is 1.31 bits per heavy atom. The number of fused-ring (bicyclic) bond motifs is 3. The van der Waals surface area contributed by atoms with E-state index in [0.29, 0.717) is 4.70 Å². The average Bonchev–Trinajstić information content (AvgIpc) is 2.57. The highest BCUT2D eigenvalue weighted by atomic mass is 32.1. The van der Waals surface area contributed by atoms with E-state index in [1.165, 1.54) is 17.6 Å². The lowest BCUT2D eigenvalue weighted by molar-refractivity contribution is 0.520. The highest BCUT2D eigenvalue weighted by Crippen LogP contribution is 2.31. The van der Waals surface area contributed by atoms with E-state index in [4.69, 9.17) is 4.42 Å². The third-order valence-electron chi connectivity index (χ3n) is 2.48. The first kappa shape index (κ1) is 9.47. The molecule has 0 aliphatic carbocycles. The minimum atomic E-state index is -0.308. The highest BCUT2D eigenvalue weighted by molar-refractivity contribution is 7.25. The first-order valence-electron chi connectivity index (χ1n) is 4.82. The van der Waals surface area contributed by atoms with Crippen molar-refractivity contribution in [2.75, 3.05) is 0 Å². The normalized spacial score (nSPS) is 11.4. The molecule has 0 spiro atoms. The van der Waals surface area contributed by atoms with Crippen LogP contribution in [0.25, 0.3) is 20.3 Å². The van der Waals surface area contributed by atoms with E-state index in [9.17, 15) is 4.79 Å². The molecular formula is C11H8N2O2S. The van der Waals surface area contributed by atoms with Crippen molar-refractivity contribution in [2.45, 2.75) is 13.8 Å². The van der Waals surface area contributed by atoms with Gasteiger partial charge in [0.15, 0.2) is 0 Å². The predicted molar refractivity (Wildman–Crippen MR) is 62.9 cm³/mol. The second-order valence-corrected chi connectivity index (χ2v) is 4.59. The summed E-state index contributed by atoms with van der Waals surface area (Å²) in [4.78, 5) is 21.0. The Morgan fingerprint density at radius 2 is 2.12 bits per heavy atom. The molecule has 80 valence electrons. The summed E-state index contributed by atoms with van der Waals surface area (Å²) in [6, 6.07) is 1.79. The van der Waals surface area contributed by atoms with Crippen LogP contribution in [-0.4, -0.2) is 9.97 Å². The predicted octanol–water partition coefficient (Wildman–Crippen LogP) is 2.41. The summed E-state index contributed by atoms with van der Waals surface area (Å²) in [6.07, 6.45) is 1.41. The third kappa shape index (κ3) is 1.18. The number of aryl methyl sites for hydroxylation is 2. The lowest BCUT2D eigenvalue weighted by atomic mass is 10.2. The summed E-state index contributed by atoms with van der Waals surface area (Å²) in [5.74, 6) is 0.723. The molecule has 0 aromatic carbocycles. The van der Waals surface area contributed by atoms with Gasteiger partial charge in [0.2, 0.25) is 0 Å². The van der Waals surface area contributed by atoms with Crippen molar-refractivity contribution in [3.05, 3.63) is 34.3 Å². The number of rotatable bonds is 0. The van der Waals surface area contributed by atoms with E-state index in [1.807, 2.05) is 13.8 Å². The summed E-state index contributed by atoms with van der Waals surface area (Å²) in [6.45, 7) is 3.77. The monoisotopic (exact) mass is 232 g/mol. The van der Waals surface area contributed by atoms with Crippen LogP contribution in [0.1, 0.15) is 11.5 Å². The van der Waals surface area contributed by atoms with Crippen molar-refractivity contribution >= 4 is 31.6 Å². The Kier molecular flexibility index (Phi) is 1.85. The maximum Gasteiger partial charge on any atom is 0.353 e. The van der Waals surface area contributed by atoms with Gasteiger partial charge in [0.25, 0.3) is 0 Å². The smallest absolute Gasteiger partial charge is 0.353 e. The molecule has 0 N–H and O–H groups in total. The zero-order chi connectivity index (χ0) is 11.3. The zero-order valence-corrected chi connectivity index (χ0v) is 9.59. The van der Waals surface area contributed by atoms with Crippen molar-refractivity contribution in [3.63, 3.8) is 0 Å². The van der Waals surface area contributed by atoms with Crippen LogP contribution in [-0.2, 0) is 0 Å². The molecule has 3 aromatic rings. The van der Waals surface area contributed by atoms with Crippen LogP contribution in [0.5, 0.6) is 0 Å². The minimum absolute atomic E-state index is 0.308. The molecule has 4 nitrogen and oxygen atoms in total. The van der Waals surface area contributed by atoms with Crippen LogP contribution in [0.2, 0.25) is 0 Å². The quantitative estimate of drug-likeness (QED) is 0.597. The maximum absolute atomic E-state index is 11.5. The van der Waals surface area contributed by atoms with Crippen molar-refractivity contribution in [3.8, 4) is 0 Å². The van der Waals surface area contributed by atoms with Crippen LogP contribution in [0, 0.1) is 13.8 Å². The molecule has 0 radical (unpaired) electrons. The van der Waals surface area contributed by atoms with Gasteiger partial charge >= 0.3 is 5.63 Å². The largest absolute Gasteiger partial charge is 0.430 e. The maximum atomic E-state index is 11.5. The molecular weight excluding hydrogens is 224 g/mol. The molecule has 16 heavy (non-hydrogen) atoms. The molecule has 0 aliphatic heterocycles. The summed E-state index contributed by atoms with van der Waals surface area (Å²) in [5, 5.41) is 1.84. The SMILES string of the molecule is Cc1nc(C)c2c(n1)sc1c(=O)occc12. The van der Waals surface area contributed by atoms with E-state index < -0.39 is 0 Å². The van der Waals surface area contributed by atoms with Crippen molar-refractivity contribution in [1.29, 1.82) is 0 Å². The lowest BCUT2D eigenvalue weighted by Crippen LogP contribution is -1.94. The van der Waals surface area contributed by atoms with E-state index in [0.717, 1.165) is 27.1 Å². The van der Waals surface area contributed by atoms with Crippen LogP contribution in [0.3, 0.4) is 0 Å². The molecule has 3 heterocycles. The fourth-order valence-corrected chi connectivity index (χ4v) is 3.00. The summed E-state index contributed by atoms with van der Waals surface area (Å²) < 4.78 is 5.46. The van der Waals surface area contributed by atoms with Gasteiger partial charge in [-0.15, -0.1) is 11.3 Å². The molecule has 3 rings (SSSR count). The first-order chi connectivity index (χ1) is 7.66. The van der Waals surface area contributed by atoms with Gasteiger partial charge < -0.3 is 4.42 Å². The minimum Gasteiger partial charge on any atom is -0.430 e. The van der Waals surface area contributed by atoms with Crippen molar-refractivity contribution in [1.82, 2.24) is 9.97 Å². The Hall–Kier alpha value is -1.75. The van der Waals surface area contributed by atoms with Gasteiger partial charge in [-0.1, -0.05) is 0 Å². The molecule has 0 bridgehead atoms. The van der Waals surface area contributed by atoms with Crippen molar-refractivity contribution < 1.29 is 4.42 Å². The second kappa shape index (κ2) is 3.12. The molecule has 0 amide bonds. The number of nitrogens with zero attached hydrogens (tertiary/aromatic N) is 2. The Balaban J connectivity index is 2.67.